The van der Waals surface area contributed by atoms with Crippen molar-refractivity contribution in [1.29, 1.82) is 0 Å². The minimum absolute atomic E-state index is 0.0815. The van der Waals surface area contributed by atoms with Crippen LogP contribution in [-0.4, -0.2) is 18.4 Å². The van der Waals surface area contributed by atoms with Crippen LogP contribution in [0, 0.1) is 17.8 Å². The molecule has 0 spiro atoms. The SMILES string of the molecule is CC(C)CCCCCCCCCCCCCC[C](=O)[Ti]([O]C(C)C)([C](=O)CCCCCCCCCCCCCCC(C)C)[C](=O)CCCCCCCCCCCCCCC(C)C. The molecule has 0 N–H and O–H groups in total. The quantitative estimate of drug-likeness (QED) is 0.0451. The van der Waals surface area contributed by atoms with Gasteiger partial charge in [-0.1, -0.05) is 99.3 Å². The van der Waals surface area contributed by atoms with Crippen molar-refractivity contribution < 1.29 is 34.7 Å². The van der Waals surface area contributed by atoms with Gasteiger partial charge in [-0.25, -0.2) is 0 Å². The van der Waals surface area contributed by atoms with Crippen molar-refractivity contribution in [3.05, 3.63) is 0 Å². The summed E-state index contributed by atoms with van der Waals surface area (Å²) in [7, 11) is 0. The van der Waals surface area contributed by atoms with Gasteiger partial charge in [-0.2, -0.15) is 0 Å². The van der Waals surface area contributed by atoms with Crippen LogP contribution in [-0.2, 0) is 34.7 Å². The summed E-state index contributed by atoms with van der Waals surface area (Å²) in [5, 5.41) is 0. The zero-order valence-electron chi connectivity index (χ0n) is 43.6. The second kappa shape index (κ2) is 44.5. The second-order valence-electron chi connectivity index (χ2n) is 21.6. The molecule has 0 rings (SSSR count). The molecule has 0 saturated heterocycles. The van der Waals surface area contributed by atoms with Gasteiger partial charge in [0, 0.05) is 0 Å². The molecular weight excluding hydrogens is 796 g/mol. The second-order valence-corrected chi connectivity index (χ2v) is 26.8. The molecule has 0 aromatic heterocycles. The first-order valence-corrected chi connectivity index (χ1v) is 31.2. The Morgan fingerprint density at radius 2 is 0.435 bits per heavy atom. The fourth-order valence-corrected chi connectivity index (χ4v) is 15.0. The molecule has 4 nitrogen and oxygen atoms in total. The van der Waals surface area contributed by atoms with Gasteiger partial charge < -0.3 is 0 Å². The first kappa shape index (κ1) is 61.7. The van der Waals surface area contributed by atoms with Crippen LogP contribution in [0.4, 0.5) is 0 Å². The maximum atomic E-state index is 14.3. The van der Waals surface area contributed by atoms with Crippen molar-refractivity contribution in [2.45, 2.75) is 331 Å². The van der Waals surface area contributed by atoms with E-state index in [4.69, 9.17) is 3.32 Å². The Labute approximate surface area is 393 Å². The van der Waals surface area contributed by atoms with Crippen LogP contribution in [0.1, 0.15) is 325 Å². The Morgan fingerprint density at radius 1 is 0.274 bits per heavy atom. The molecule has 368 valence electrons. The molecule has 5 heteroatoms. The minimum atomic E-state index is -4.61. The van der Waals surface area contributed by atoms with Gasteiger partial charge >= 0.3 is 279 Å². The molecule has 0 saturated carbocycles. The molecule has 0 amide bonds. The average molecular weight is 909 g/mol. The molecular formula is C57H112O4Ti. The van der Waals surface area contributed by atoms with Crippen LogP contribution in [0.5, 0.6) is 0 Å². The number of hydrogen-bond donors (Lipinski definition) is 0. The number of unbranched alkanes of at least 4 members (excludes halogenated alkanes) is 33. The molecule has 0 aliphatic heterocycles. The fourth-order valence-electron chi connectivity index (χ4n) is 9.36. The van der Waals surface area contributed by atoms with Crippen molar-refractivity contribution >= 4 is 12.3 Å². The van der Waals surface area contributed by atoms with Crippen molar-refractivity contribution in [3.8, 4) is 0 Å². The summed E-state index contributed by atoms with van der Waals surface area (Å²) in [4.78, 5) is 42.8. The van der Waals surface area contributed by atoms with E-state index in [-0.39, 0.29) is 18.4 Å². The normalized spacial score (nSPS) is 12.2. The van der Waals surface area contributed by atoms with Gasteiger partial charge in [0.05, 0.1) is 0 Å². The van der Waals surface area contributed by atoms with E-state index in [1.165, 1.54) is 193 Å². The van der Waals surface area contributed by atoms with E-state index >= 15 is 0 Å². The van der Waals surface area contributed by atoms with Crippen LogP contribution >= 0.6 is 0 Å². The summed E-state index contributed by atoms with van der Waals surface area (Å²) in [6, 6.07) is 0. The van der Waals surface area contributed by atoms with Crippen molar-refractivity contribution in [2.75, 3.05) is 0 Å². The summed E-state index contributed by atoms with van der Waals surface area (Å²) in [6.45, 7) is 17.8. The first-order chi connectivity index (χ1) is 29.9. The molecule has 0 aliphatic carbocycles. The molecule has 0 heterocycles. The third kappa shape index (κ3) is 37.9. The van der Waals surface area contributed by atoms with E-state index in [0.29, 0.717) is 19.3 Å². The first-order valence-electron chi connectivity index (χ1n) is 28.2. The topological polar surface area (TPSA) is 60.4 Å². The van der Waals surface area contributed by atoms with E-state index < -0.39 is 17.0 Å². The van der Waals surface area contributed by atoms with Crippen LogP contribution in [0.15, 0.2) is 0 Å². The Balaban J connectivity index is 4.86. The molecule has 0 unspecified atom stereocenters. The maximum absolute atomic E-state index is 14.3. The monoisotopic (exact) mass is 909 g/mol. The minimum Gasteiger partial charge on any atom is -0.0628 e. The third-order valence-corrected chi connectivity index (χ3v) is 19.5. The Hall–Kier alpha value is -0.316. The van der Waals surface area contributed by atoms with Gasteiger partial charge in [0.1, 0.15) is 0 Å². The molecule has 0 bridgehead atoms. The van der Waals surface area contributed by atoms with Gasteiger partial charge in [-0.15, -0.1) is 0 Å². The number of hydrogen-bond acceptors (Lipinski definition) is 4. The molecule has 0 atom stereocenters. The zero-order valence-corrected chi connectivity index (χ0v) is 45.2. The summed E-state index contributed by atoms with van der Waals surface area (Å²) < 4.78 is 6.24. The summed E-state index contributed by atoms with van der Waals surface area (Å²) in [6.07, 6.45) is 49.7. The molecule has 62 heavy (non-hydrogen) atoms. The van der Waals surface area contributed by atoms with E-state index in [2.05, 4.69) is 41.5 Å². The number of carbonyl (C=O) groups is 3. The zero-order chi connectivity index (χ0) is 45.9. The summed E-state index contributed by atoms with van der Waals surface area (Å²) >= 11 is -4.61. The molecule has 0 aromatic carbocycles. The van der Waals surface area contributed by atoms with E-state index in [9.17, 15) is 14.4 Å². The molecule has 0 aromatic rings. The van der Waals surface area contributed by atoms with E-state index in [1.54, 1.807) is 0 Å². The fraction of sp³-hybridized carbons (Fsp3) is 0.947. The van der Waals surface area contributed by atoms with Gasteiger partial charge in [-0.3, -0.25) is 0 Å². The van der Waals surface area contributed by atoms with Gasteiger partial charge in [0.25, 0.3) is 0 Å². The van der Waals surface area contributed by atoms with Crippen molar-refractivity contribution in [1.82, 2.24) is 0 Å². The van der Waals surface area contributed by atoms with Gasteiger partial charge in [-0.05, 0) is 17.8 Å². The van der Waals surface area contributed by atoms with E-state index in [0.717, 1.165) is 75.5 Å². The van der Waals surface area contributed by atoms with Crippen molar-refractivity contribution in [3.63, 3.8) is 0 Å². The van der Waals surface area contributed by atoms with Crippen molar-refractivity contribution in [2.24, 2.45) is 17.8 Å². The predicted molar refractivity (Wildman–Crippen MR) is 270 cm³/mol. The third-order valence-electron chi connectivity index (χ3n) is 13.4. The number of carbonyl (C=O) groups excluding carboxylic acids is 3. The predicted octanol–water partition coefficient (Wildman–Crippen LogP) is 19.4. The standard InChI is InChI=1S/3C18H35O.C3H7O.Ti/c3*1-18(2)16-14-12-10-8-6-4-3-5-7-9-11-13-15-17-19;1-3(2)4;/h3*18H,3-16H2,1-2H3;3H,1-2H3;/q;;;-1;+1. The van der Waals surface area contributed by atoms with Gasteiger partial charge in [0.2, 0.25) is 0 Å². The average Bonchev–Trinajstić information content (AvgIpc) is 3.22. The molecule has 0 aliphatic rings. The Kier molecular flexibility index (Phi) is 44.3. The van der Waals surface area contributed by atoms with Crippen LogP contribution < -0.4 is 0 Å². The molecule has 0 fully saturated rings. The summed E-state index contributed by atoms with van der Waals surface area (Å²) in [5.41, 5.74) is 0. The Morgan fingerprint density at radius 3 is 0.597 bits per heavy atom. The van der Waals surface area contributed by atoms with Crippen LogP contribution in [0.3, 0.4) is 0 Å². The van der Waals surface area contributed by atoms with E-state index in [1.807, 2.05) is 13.8 Å². The smallest absolute Gasteiger partial charge is 0.0628 e. The van der Waals surface area contributed by atoms with Crippen LogP contribution in [0.25, 0.3) is 0 Å². The molecule has 0 radical (unpaired) electrons. The van der Waals surface area contributed by atoms with Gasteiger partial charge in [0.15, 0.2) is 0 Å². The Bertz CT molecular complexity index is 886. The summed E-state index contributed by atoms with van der Waals surface area (Å²) in [5.74, 6) is 2.50. The van der Waals surface area contributed by atoms with Crippen LogP contribution in [0.2, 0.25) is 0 Å². The number of rotatable bonds is 50.